The van der Waals surface area contributed by atoms with Crippen molar-refractivity contribution in [3.63, 3.8) is 0 Å². The normalized spacial score (nSPS) is 25.1. The molecule has 1 saturated carbocycles. The van der Waals surface area contributed by atoms with Gasteiger partial charge in [0.05, 0.1) is 5.92 Å². The molecule has 3 unspecified atom stereocenters. The van der Waals surface area contributed by atoms with Crippen LogP contribution in [0.3, 0.4) is 0 Å². The molecule has 2 heteroatoms. The average Bonchev–Trinajstić information content (AvgIpc) is 2.52. The maximum atomic E-state index is 12.5. The van der Waals surface area contributed by atoms with E-state index in [4.69, 9.17) is 0 Å². The van der Waals surface area contributed by atoms with Crippen LogP contribution in [0.4, 0.5) is 0 Å². The Balaban J connectivity index is 1.92. The van der Waals surface area contributed by atoms with Crippen LogP contribution in [-0.2, 0) is 4.79 Å². The van der Waals surface area contributed by atoms with Crippen molar-refractivity contribution < 1.29 is 9.59 Å². The molecule has 0 amide bonds. The largest absolute Gasteiger partial charge is 0.299 e. The molecule has 2 aromatic carbocycles. The quantitative estimate of drug-likeness (QED) is 0.628. The van der Waals surface area contributed by atoms with Gasteiger partial charge in [-0.3, -0.25) is 9.59 Å². The number of carbonyl (C=O) groups is 2. The van der Waals surface area contributed by atoms with Crippen molar-refractivity contribution in [2.45, 2.75) is 12.8 Å². The fourth-order valence-electron chi connectivity index (χ4n) is 3.04. The van der Waals surface area contributed by atoms with Crippen LogP contribution < -0.4 is 0 Å². The maximum absolute atomic E-state index is 12.5. The standard InChI is InChI=1S/C18H16O2/c1-12-15(13-8-4-2-5-9-13)16(17(12)19)18(20)14-10-6-3-7-11-14/h2-12,15-16H,1H3. The number of ketones is 2. The molecule has 0 spiro atoms. The van der Waals surface area contributed by atoms with E-state index in [1.165, 1.54) is 0 Å². The third-order valence-electron chi connectivity index (χ3n) is 4.18. The molecule has 0 heterocycles. The summed E-state index contributed by atoms with van der Waals surface area (Å²) in [7, 11) is 0. The van der Waals surface area contributed by atoms with E-state index >= 15 is 0 Å². The summed E-state index contributed by atoms with van der Waals surface area (Å²) >= 11 is 0. The highest BCUT2D eigenvalue weighted by atomic mass is 16.2. The zero-order valence-electron chi connectivity index (χ0n) is 11.3. The minimum absolute atomic E-state index is 0.0106. The molecule has 3 atom stereocenters. The van der Waals surface area contributed by atoms with Crippen LogP contribution in [0.2, 0.25) is 0 Å². The van der Waals surface area contributed by atoms with Crippen molar-refractivity contribution in [1.82, 2.24) is 0 Å². The van der Waals surface area contributed by atoms with Crippen molar-refractivity contribution >= 4 is 11.6 Å². The third kappa shape index (κ3) is 1.97. The van der Waals surface area contributed by atoms with E-state index in [0.29, 0.717) is 5.56 Å². The summed E-state index contributed by atoms with van der Waals surface area (Å²) in [6.07, 6.45) is 0. The maximum Gasteiger partial charge on any atom is 0.173 e. The zero-order chi connectivity index (χ0) is 14.1. The van der Waals surface area contributed by atoms with Gasteiger partial charge in [-0.05, 0) is 5.56 Å². The molecular weight excluding hydrogens is 248 g/mol. The van der Waals surface area contributed by atoms with Gasteiger partial charge in [-0.2, -0.15) is 0 Å². The molecular formula is C18H16O2. The van der Waals surface area contributed by atoms with Gasteiger partial charge in [0, 0.05) is 17.4 Å². The predicted octanol–water partition coefficient (Wildman–Crippen LogP) is 3.49. The van der Waals surface area contributed by atoms with Gasteiger partial charge in [0.2, 0.25) is 0 Å². The van der Waals surface area contributed by atoms with Crippen LogP contribution in [0.25, 0.3) is 0 Å². The topological polar surface area (TPSA) is 34.1 Å². The molecule has 1 aliphatic rings. The third-order valence-corrected chi connectivity index (χ3v) is 4.18. The van der Waals surface area contributed by atoms with Gasteiger partial charge >= 0.3 is 0 Å². The Morgan fingerprint density at radius 3 is 2.05 bits per heavy atom. The van der Waals surface area contributed by atoms with E-state index in [1.54, 1.807) is 12.1 Å². The Morgan fingerprint density at radius 2 is 1.45 bits per heavy atom. The van der Waals surface area contributed by atoms with E-state index in [0.717, 1.165) is 5.56 Å². The van der Waals surface area contributed by atoms with Crippen LogP contribution in [0.15, 0.2) is 60.7 Å². The summed E-state index contributed by atoms with van der Waals surface area (Å²) in [4.78, 5) is 24.7. The highest BCUT2D eigenvalue weighted by Gasteiger charge is 2.51. The molecule has 1 fully saturated rings. The van der Waals surface area contributed by atoms with Crippen molar-refractivity contribution in [1.29, 1.82) is 0 Å². The Hall–Kier alpha value is -2.22. The summed E-state index contributed by atoms with van der Waals surface area (Å²) in [5.74, 6) is -0.573. The first-order chi connectivity index (χ1) is 9.70. The van der Waals surface area contributed by atoms with Crippen LogP contribution in [0.1, 0.15) is 28.8 Å². The van der Waals surface area contributed by atoms with Gasteiger partial charge in [0.25, 0.3) is 0 Å². The van der Waals surface area contributed by atoms with E-state index in [2.05, 4.69) is 0 Å². The lowest BCUT2D eigenvalue weighted by molar-refractivity contribution is -0.134. The molecule has 0 saturated heterocycles. The van der Waals surface area contributed by atoms with Crippen molar-refractivity contribution in [2.75, 3.05) is 0 Å². The number of Topliss-reactive ketones (excluding diaryl/α,β-unsaturated/α-hetero) is 2. The zero-order valence-corrected chi connectivity index (χ0v) is 11.3. The summed E-state index contributed by atoms with van der Waals surface area (Å²) in [6, 6.07) is 18.9. The highest BCUT2D eigenvalue weighted by Crippen LogP contribution is 2.45. The van der Waals surface area contributed by atoms with Gasteiger partial charge in [-0.25, -0.2) is 0 Å². The second-order valence-corrected chi connectivity index (χ2v) is 5.34. The van der Waals surface area contributed by atoms with Crippen LogP contribution in [-0.4, -0.2) is 11.6 Å². The van der Waals surface area contributed by atoms with Gasteiger partial charge < -0.3 is 0 Å². The Bertz CT molecular complexity index is 631. The van der Waals surface area contributed by atoms with E-state index in [1.807, 2.05) is 55.5 Å². The minimum Gasteiger partial charge on any atom is -0.299 e. The lowest BCUT2D eigenvalue weighted by Crippen LogP contribution is -2.48. The number of hydrogen-bond acceptors (Lipinski definition) is 2. The lowest BCUT2D eigenvalue weighted by atomic mass is 9.59. The predicted molar refractivity (Wildman–Crippen MR) is 77.6 cm³/mol. The summed E-state index contributed by atoms with van der Waals surface area (Å²) in [5, 5.41) is 0. The van der Waals surface area contributed by atoms with Gasteiger partial charge in [-0.15, -0.1) is 0 Å². The molecule has 2 nitrogen and oxygen atoms in total. The van der Waals surface area contributed by atoms with Crippen molar-refractivity contribution in [3.8, 4) is 0 Å². The Labute approximate surface area is 118 Å². The van der Waals surface area contributed by atoms with E-state index in [9.17, 15) is 9.59 Å². The first-order valence-electron chi connectivity index (χ1n) is 6.88. The number of rotatable bonds is 3. The highest BCUT2D eigenvalue weighted by molar-refractivity contribution is 6.15. The molecule has 1 aliphatic carbocycles. The molecule has 20 heavy (non-hydrogen) atoms. The van der Waals surface area contributed by atoms with Crippen molar-refractivity contribution in [2.24, 2.45) is 11.8 Å². The summed E-state index contributed by atoms with van der Waals surface area (Å²) in [5.41, 5.74) is 1.70. The molecule has 2 aromatic rings. The molecule has 0 aliphatic heterocycles. The second-order valence-electron chi connectivity index (χ2n) is 5.34. The molecule has 0 bridgehead atoms. The number of benzene rings is 2. The van der Waals surface area contributed by atoms with Crippen LogP contribution in [0.5, 0.6) is 0 Å². The molecule has 0 aromatic heterocycles. The monoisotopic (exact) mass is 264 g/mol. The second kappa shape index (κ2) is 5.04. The van der Waals surface area contributed by atoms with Crippen LogP contribution in [0, 0.1) is 11.8 Å². The van der Waals surface area contributed by atoms with E-state index in [-0.39, 0.29) is 23.4 Å². The van der Waals surface area contributed by atoms with E-state index < -0.39 is 5.92 Å². The first-order valence-corrected chi connectivity index (χ1v) is 6.88. The van der Waals surface area contributed by atoms with Gasteiger partial charge in [0.1, 0.15) is 5.78 Å². The molecule has 0 N–H and O–H groups in total. The Morgan fingerprint density at radius 1 is 0.900 bits per heavy atom. The average molecular weight is 264 g/mol. The van der Waals surface area contributed by atoms with Crippen molar-refractivity contribution in [3.05, 3.63) is 71.8 Å². The smallest absolute Gasteiger partial charge is 0.173 e. The minimum atomic E-state index is -0.519. The summed E-state index contributed by atoms with van der Waals surface area (Å²) < 4.78 is 0. The molecule has 100 valence electrons. The number of hydrogen-bond donors (Lipinski definition) is 0. The molecule has 3 rings (SSSR count). The molecule has 0 radical (unpaired) electrons. The van der Waals surface area contributed by atoms with Gasteiger partial charge in [-0.1, -0.05) is 67.6 Å². The van der Waals surface area contributed by atoms with Crippen LogP contribution >= 0.6 is 0 Å². The fourth-order valence-corrected chi connectivity index (χ4v) is 3.04. The SMILES string of the molecule is CC1C(=O)C(C(=O)c2ccccc2)C1c1ccccc1. The summed E-state index contributed by atoms with van der Waals surface area (Å²) in [6.45, 7) is 1.91. The fraction of sp³-hybridized carbons (Fsp3) is 0.222. The first kappa shape index (κ1) is 12.8. The lowest BCUT2D eigenvalue weighted by Gasteiger charge is -2.40. The Kier molecular flexibility index (Phi) is 3.23. The van der Waals surface area contributed by atoms with Gasteiger partial charge in [0.15, 0.2) is 5.78 Å². The number of carbonyl (C=O) groups excluding carboxylic acids is 2.